The van der Waals surface area contributed by atoms with E-state index in [4.69, 9.17) is 14.2 Å². The van der Waals surface area contributed by atoms with Gasteiger partial charge in [0.1, 0.15) is 12.2 Å². The summed E-state index contributed by atoms with van der Waals surface area (Å²) in [6, 6.07) is 0. The number of unbranched alkanes of at least 4 members (excludes halogenated alkanes) is 24. The quantitative estimate of drug-likeness (QED) is 0.0473. The minimum absolute atomic E-state index is 0.00130. The third kappa shape index (κ3) is 37.8. The van der Waals surface area contributed by atoms with Crippen LogP contribution in [-0.2, 0) is 19.0 Å². The predicted molar refractivity (Wildman–Crippen MR) is 209 cm³/mol. The molecule has 0 radical (unpaired) electrons. The Bertz CT molecular complexity index is 700. The summed E-state index contributed by atoms with van der Waals surface area (Å²) in [5.41, 5.74) is 0. The standard InChI is InChI=1S/C43H85NO5/c1-6-8-10-12-14-15-16-17-18-19-20-21-22-23-27-31-36-41(35-30-26-13-11-9-7-2)49-42(45)37-32-28-24-25-29-34-40(3)48-43(46)47-39-33-38-44(4)5/h40-41H,6-39H2,1-5H3. The van der Waals surface area contributed by atoms with Gasteiger partial charge in [0.05, 0.1) is 6.61 Å². The second kappa shape index (κ2) is 37.9. The summed E-state index contributed by atoms with van der Waals surface area (Å²) in [4.78, 5) is 26.6. The van der Waals surface area contributed by atoms with Crippen LogP contribution in [0.3, 0.4) is 0 Å². The molecule has 2 unspecified atom stereocenters. The molecule has 0 rings (SSSR count). The maximum Gasteiger partial charge on any atom is 0.508 e. The third-order valence-electron chi connectivity index (χ3n) is 9.82. The van der Waals surface area contributed by atoms with Crippen molar-refractivity contribution in [2.24, 2.45) is 0 Å². The fraction of sp³-hybridized carbons (Fsp3) is 0.953. The SMILES string of the molecule is CCCCCCCCCCCCCCCCCCC(CCCCCCCC)OC(=O)CCCCCCCC(C)OC(=O)OCCCN(C)C. The molecule has 0 fully saturated rings. The van der Waals surface area contributed by atoms with E-state index in [0.717, 1.165) is 64.3 Å². The van der Waals surface area contributed by atoms with Crippen LogP contribution >= 0.6 is 0 Å². The lowest BCUT2D eigenvalue weighted by Crippen LogP contribution is -2.19. The van der Waals surface area contributed by atoms with Crippen LogP contribution in [-0.4, -0.2) is 56.5 Å². The van der Waals surface area contributed by atoms with E-state index < -0.39 is 6.16 Å². The molecular weight excluding hydrogens is 610 g/mol. The van der Waals surface area contributed by atoms with E-state index >= 15 is 0 Å². The van der Waals surface area contributed by atoms with Gasteiger partial charge in [-0.15, -0.1) is 0 Å². The molecule has 0 saturated heterocycles. The van der Waals surface area contributed by atoms with Crippen LogP contribution in [0.4, 0.5) is 4.79 Å². The number of ether oxygens (including phenoxy) is 3. The first-order chi connectivity index (χ1) is 23.9. The molecule has 0 heterocycles. The molecule has 292 valence electrons. The highest BCUT2D eigenvalue weighted by molar-refractivity contribution is 5.69. The lowest BCUT2D eigenvalue weighted by molar-refractivity contribution is -0.150. The van der Waals surface area contributed by atoms with Crippen molar-refractivity contribution < 1.29 is 23.8 Å². The Morgan fingerprint density at radius 2 is 0.878 bits per heavy atom. The highest BCUT2D eigenvalue weighted by atomic mass is 16.7. The topological polar surface area (TPSA) is 65.1 Å². The number of hydrogen-bond acceptors (Lipinski definition) is 6. The number of carbonyl (C=O) groups excluding carboxylic acids is 2. The van der Waals surface area contributed by atoms with E-state index in [9.17, 15) is 9.59 Å². The van der Waals surface area contributed by atoms with Gasteiger partial charge in [-0.3, -0.25) is 4.79 Å². The molecule has 0 aromatic rings. The van der Waals surface area contributed by atoms with Gasteiger partial charge in [-0.1, -0.05) is 162 Å². The van der Waals surface area contributed by atoms with E-state index in [1.807, 2.05) is 21.0 Å². The minimum Gasteiger partial charge on any atom is -0.462 e. The van der Waals surface area contributed by atoms with Crippen molar-refractivity contribution in [3.8, 4) is 0 Å². The summed E-state index contributed by atoms with van der Waals surface area (Å²) >= 11 is 0. The normalized spacial score (nSPS) is 12.7. The second-order valence-electron chi connectivity index (χ2n) is 15.3. The molecular formula is C43H85NO5. The van der Waals surface area contributed by atoms with Crippen LogP contribution in [0, 0.1) is 0 Å². The van der Waals surface area contributed by atoms with Gasteiger partial charge in [-0.2, -0.15) is 0 Å². The van der Waals surface area contributed by atoms with Gasteiger partial charge in [0.2, 0.25) is 0 Å². The first-order valence-corrected chi connectivity index (χ1v) is 21.6. The average Bonchev–Trinajstić information content (AvgIpc) is 3.07. The first-order valence-electron chi connectivity index (χ1n) is 21.6. The zero-order valence-corrected chi connectivity index (χ0v) is 33.7. The average molecular weight is 696 g/mol. The third-order valence-corrected chi connectivity index (χ3v) is 9.82. The lowest BCUT2D eigenvalue weighted by Gasteiger charge is -2.18. The Morgan fingerprint density at radius 3 is 1.31 bits per heavy atom. The van der Waals surface area contributed by atoms with Crippen LogP contribution < -0.4 is 0 Å². The zero-order valence-electron chi connectivity index (χ0n) is 33.7. The maximum atomic E-state index is 12.7. The van der Waals surface area contributed by atoms with Crippen LogP contribution in [0.15, 0.2) is 0 Å². The summed E-state index contributed by atoms with van der Waals surface area (Å²) in [7, 11) is 4.01. The fourth-order valence-electron chi connectivity index (χ4n) is 6.60. The molecule has 0 spiro atoms. The van der Waals surface area contributed by atoms with Crippen LogP contribution in [0.5, 0.6) is 0 Å². The Morgan fingerprint density at radius 1 is 0.490 bits per heavy atom. The molecule has 0 aliphatic rings. The molecule has 0 N–H and O–H groups in total. The molecule has 0 aromatic heterocycles. The first kappa shape index (κ1) is 47.7. The zero-order chi connectivity index (χ0) is 36.0. The summed E-state index contributed by atoms with van der Waals surface area (Å²) in [5.74, 6) is -0.00130. The van der Waals surface area contributed by atoms with Gasteiger partial charge in [0.15, 0.2) is 0 Å². The van der Waals surface area contributed by atoms with Crippen molar-refractivity contribution in [2.75, 3.05) is 27.2 Å². The molecule has 6 heteroatoms. The van der Waals surface area contributed by atoms with Crippen molar-refractivity contribution in [2.45, 2.75) is 238 Å². The Labute approximate surface area is 305 Å². The fourth-order valence-corrected chi connectivity index (χ4v) is 6.60. The molecule has 0 aromatic carbocycles. The van der Waals surface area contributed by atoms with Gasteiger partial charge in [0.25, 0.3) is 0 Å². The van der Waals surface area contributed by atoms with Gasteiger partial charge < -0.3 is 19.1 Å². The van der Waals surface area contributed by atoms with E-state index in [1.165, 1.54) is 141 Å². The van der Waals surface area contributed by atoms with Crippen molar-refractivity contribution in [3.63, 3.8) is 0 Å². The van der Waals surface area contributed by atoms with Crippen LogP contribution in [0.25, 0.3) is 0 Å². The van der Waals surface area contributed by atoms with Crippen LogP contribution in [0.1, 0.15) is 226 Å². The Kier molecular flexibility index (Phi) is 36.9. The van der Waals surface area contributed by atoms with Crippen molar-refractivity contribution in [3.05, 3.63) is 0 Å². The molecule has 2 atom stereocenters. The second-order valence-corrected chi connectivity index (χ2v) is 15.3. The molecule has 0 bridgehead atoms. The number of carbonyl (C=O) groups is 2. The summed E-state index contributed by atoms with van der Waals surface area (Å²) in [5, 5.41) is 0. The monoisotopic (exact) mass is 696 g/mol. The summed E-state index contributed by atoms with van der Waals surface area (Å²) in [6.07, 6.45) is 38.6. The molecule has 0 aliphatic heterocycles. The van der Waals surface area contributed by atoms with Crippen molar-refractivity contribution in [1.82, 2.24) is 4.90 Å². The molecule has 0 aliphatic carbocycles. The molecule has 6 nitrogen and oxygen atoms in total. The Balaban J connectivity index is 3.99. The number of rotatable bonds is 38. The van der Waals surface area contributed by atoms with Gasteiger partial charge >= 0.3 is 12.1 Å². The van der Waals surface area contributed by atoms with E-state index in [0.29, 0.717) is 13.0 Å². The molecule has 49 heavy (non-hydrogen) atoms. The lowest BCUT2D eigenvalue weighted by atomic mass is 10.0. The van der Waals surface area contributed by atoms with Crippen LogP contribution in [0.2, 0.25) is 0 Å². The largest absolute Gasteiger partial charge is 0.508 e. The van der Waals surface area contributed by atoms with Gasteiger partial charge in [0, 0.05) is 13.0 Å². The summed E-state index contributed by atoms with van der Waals surface area (Å²) in [6.45, 7) is 7.77. The maximum absolute atomic E-state index is 12.7. The highest BCUT2D eigenvalue weighted by Crippen LogP contribution is 2.19. The van der Waals surface area contributed by atoms with Gasteiger partial charge in [-0.05, 0) is 72.4 Å². The number of nitrogens with zero attached hydrogens (tertiary/aromatic N) is 1. The van der Waals surface area contributed by atoms with E-state index in [2.05, 4.69) is 18.7 Å². The highest BCUT2D eigenvalue weighted by Gasteiger charge is 2.15. The van der Waals surface area contributed by atoms with Crippen molar-refractivity contribution >= 4 is 12.1 Å². The molecule has 0 amide bonds. The molecule has 0 saturated carbocycles. The number of hydrogen-bond donors (Lipinski definition) is 0. The summed E-state index contributed by atoms with van der Waals surface area (Å²) < 4.78 is 16.5. The van der Waals surface area contributed by atoms with E-state index in [1.54, 1.807) is 0 Å². The number of esters is 1. The Hall–Kier alpha value is -1.30. The predicted octanol–water partition coefficient (Wildman–Crippen LogP) is 13.5. The van der Waals surface area contributed by atoms with Crippen molar-refractivity contribution in [1.29, 1.82) is 0 Å². The van der Waals surface area contributed by atoms with Gasteiger partial charge in [-0.25, -0.2) is 4.79 Å². The smallest absolute Gasteiger partial charge is 0.462 e. The minimum atomic E-state index is -0.561. The van der Waals surface area contributed by atoms with E-state index in [-0.39, 0.29) is 18.2 Å².